The first-order valence-electron chi connectivity index (χ1n) is 20.0. The van der Waals surface area contributed by atoms with Gasteiger partial charge in [-0.05, 0) is 60.5 Å². The van der Waals surface area contributed by atoms with Crippen LogP contribution in [0.1, 0.15) is 93.1 Å². The number of benzene rings is 3. The average Bonchev–Trinajstić information content (AvgIpc) is 3.63. The summed E-state index contributed by atoms with van der Waals surface area (Å²) in [6, 6.07) is 16.8. The average molecular weight is 818 g/mol. The highest BCUT2D eigenvalue weighted by Gasteiger charge is 2.67. The zero-order valence-corrected chi connectivity index (χ0v) is 34.0. The first kappa shape index (κ1) is 38.7. The largest absolute Gasteiger partial charge is 0.489 e. The summed E-state index contributed by atoms with van der Waals surface area (Å²) in [4.78, 5) is 87.5. The number of carbonyl (C=O) groups is 6. The van der Waals surface area contributed by atoms with E-state index >= 15 is 0 Å². The monoisotopic (exact) mass is 817 g/mol. The number of halogens is 1. The zero-order valence-electron chi connectivity index (χ0n) is 33.3. The van der Waals surface area contributed by atoms with Crippen molar-refractivity contribution in [2.75, 3.05) is 44.2 Å². The lowest BCUT2D eigenvalue weighted by Gasteiger charge is -2.65. The van der Waals surface area contributed by atoms with Crippen LogP contribution in [0.2, 0.25) is 5.02 Å². The van der Waals surface area contributed by atoms with Crippen molar-refractivity contribution in [2.24, 2.45) is 10.8 Å². The number of ether oxygens (including phenoxy) is 1. The van der Waals surface area contributed by atoms with Gasteiger partial charge >= 0.3 is 0 Å². The van der Waals surface area contributed by atoms with Crippen molar-refractivity contribution in [1.29, 1.82) is 5.26 Å². The van der Waals surface area contributed by atoms with Gasteiger partial charge in [-0.15, -0.1) is 0 Å². The number of fused-ring (bicyclic) bond motifs is 2. The summed E-state index contributed by atoms with van der Waals surface area (Å²) in [6.07, 6.45) is -0.0479. The number of nitriles is 1. The predicted molar refractivity (Wildman–Crippen MR) is 215 cm³/mol. The van der Waals surface area contributed by atoms with E-state index in [1.54, 1.807) is 42.5 Å². The Morgan fingerprint density at radius 1 is 0.847 bits per heavy atom. The molecule has 0 bridgehead atoms. The van der Waals surface area contributed by atoms with Gasteiger partial charge in [0.05, 0.1) is 21.7 Å². The molecule has 1 N–H and O–H groups in total. The number of piperidine rings is 1. The Hall–Kier alpha value is -5.78. The Labute approximate surface area is 346 Å². The Morgan fingerprint density at radius 3 is 2.22 bits per heavy atom. The fourth-order valence-electron chi connectivity index (χ4n) is 10.7. The summed E-state index contributed by atoms with van der Waals surface area (Å²) in [5.74, 6) is -1.63. The Kier molecular flexibility index (Phi) is 9.13. The number of hydrogen-bond acceptors (Lipinski definition) is 10. The third-order valence-corrected chi connectivity index (χ3v) is 13.7. The fraction of sp³-hybridized carbons (Fsp3) is 0.432. The van der Waals surface area contributed by atoms with Crippen molar-refractivity contribution in [3.05, 3.63) is 93.0 Å². The standard InChI is InChI=1S/C44H44ClN7O7/c1-43(2)41(44(3,4)42(43)59-29-8-5-25(20-46)33(45)19-29)51-21-26-17-24(6-9-30(26)38(51)56)37(55)49-15-13-48(14-16-49)28-22-50(23-28)27-7-10-31-32(18-27)40(58)52(39(31)57)34-11-12-35(53)47-36(34)54/h5-10,17-19,28,34,41-42H,11-16,21-23H2,1-4H3,(H,47,53,54). The van der Waals surface area contributed by atoms with Crippen molar-refractivity contribution in [2.45, 2.75) is 71.3 Å². The van der Waals surface area contributed by atoms with Gasteiger partial charge in [0.2, 0.25) is 11.8 Å². The third-order valence-electron chi connectivity index (χ3n) is 13.3. The molecule has 0 aromatic heterocycles. The molecule has 59 heavy (non-hydrogen) atoms. The number of hydrogen-bond donors (Lipinski definition) is 1. The van der Waals surface area contributed by atoms with Crippen LogP contribution in [0.3, 0.4) is 0 Å². The van der Waals surface area contributed by atoms with Gasteiger partial charge in [-0.2, -0.15) is 5.26 Å². The number of rotatable bonds is 7. The second-order valence-electron chi connectivity index (χ2n) is 17.7. The summed E-state index contributed by atoms with van der Waals surface area (Å²) in [6.45, 7) is 12.8. The third kappa shape index (κ3) is 6.16. The number of imide groups is 2. The first-order chi connectivity index (χ1) is 28.1. The van der Waals surface area contributed by atoms with Gasteiger partial charge in [0, 0.05) is 98.0 Å². The van der Waals surface area contributed by atoms with Crippen LogP contribution in [0, 0.1) is 22.2 Å². The number of nitrogens with one attached hydrogen (secondary N) is 1. The second-order valence-corrected chi connectivity index (χ2v) is 18.1. The van der Waals surface area contributed by atoms with E-state index in [9.17, 15) is 34.0 Å². The molecule has 1 atom stereocenters. The van der Waals surface area contributed by atoms with Crippen LogP contribution in [0.15, 0.2) is 54.6 Å². The van der Waals surface area contributed by atoms with E-state index in [4.69, 9.17) is 16.3 Å². The minimum Gasteiger partial charge on any atom is -0.489 e. The number of amides is 6. The van der Waals surface area contributed by atoms with E-state index in [-0.39, 0.29) is 54.0 Å². The minimum absolute atomic E-state index is 0.0534. The Balaban J connectivity index is 0.789. The quantitative estimate of drug-likeness (QED) is 0.344. The van der Waals surface area contributed by atoms with Crippen LogP contribution in [0.4, 0.5) is 5.69 Å². The molecule has 6 amide bonds. The smallest absolute Gasteiger partial charge is 0.262 e. The molecule has 9 rings (SSSR count). The number of anilines is 1. The van der Waals surface area contributed by atoms with Gasteiger partial charge in [0.15, 0.2) is 0 Å². The predicted octanol–water partition coefficient (Wildman–Crippen LogP) is 4.10. The lowest BCUT2D eigenvalue weighted by molar-refractivity contribution is -0.199. The fourth-order valence-corrected chi connectivity index (χ4v) is 10.9. The molecule has 0 spiro atoms. The Morgan fingerprint density at radius 2 is 1.54 bits per heavy atom. The van der Waals surface area contributed by atoms with E-state index in [0.29, 0.717) is 60.2 Å². The van der Waals surface area contributed by atoms with Crippen molar-refractivity contribution < 1.29 is 33.5 Å². The van der Waals surface area contributed by atoms with Gasteiger partial charge in [0.1, 0.15) is 24.0 Å². The van der Waals surface area contributed by atoms with Crippen LogP contribution in [0.25, 0.3) is 0 Å². The van der Waals surface area contributed by atoms with Gasteiger partial charge in [-0.1, -0.05) is 39.3 Å². The van der Waals surface area contributed by atoms with Crippen LogP contribution in [0.5, 0.6) is 5.75 Å². The van der Waals surface area contributed by atoms with Crippen molar-refractivity contribution in [3.63, 3.8) is 0 Å². The molecule has 0 radical (unpaired) electrons. The SMILES string of the molecule is CC1(C)C(Oc2ccc(C#N)c(Cl)c2)C(C)(C)C1N1Cc2cc(C(=O)N3CCN(C4CN(c5ccc6c(c5)C(=O)N(C5CCC(=O)NC5=O)C6=O)C4)CC3)ccc2C1=O. The molecule has 1 aliphatic carbocycles. The molecular formula is C44H44ClN7O7. The lowest BCUT2D eigenvalue weighted by atomic mass is 9.49. The molecule has 4 fully saturated rings. The van der Waals surface area contributed by atoms with E-state index in [0.717, 1.165) is 29.2 Å². The van der Waals surface area contributed by atoms with Crippen molar-refractivity contribution >= 4 is 52.7 Å². The topological polar surface area (TPSA) is 164 Å². The number of piperazine rings is 1. The molecular weight excluding hydrogens is 774 g/mol. The lowest BCUT2D eigenvalue weighted by Crippen LogP contribution is -2.74. The van der Waals surface area contributed by atoms with Gasteiger partial charge < -0.3 is 19.4 Å². The maximum Gasteiger partial charge on any atom is 0.262 e. The van der Waals surface area contributed by atoms with Gasteiger partial charge in [-0.25, -0.2) is 0 Å². The second kappa shape index (κ2) is 13.9. The van der Waals surface area contributed by atoms with Crippen LogP contribution >= 0.6 is 11.6 Å². The molecule has 3 aromatic rings. The molecule has 304 valence electrons. The summed E-state index contributed by atoms with van der Waals surface area (Å²) in [5, 5.41) is 11.8. The molecule has 6 aliphatic rings. The molecule has 3 saturated heterocycles. The van der Waals surface area contributed by atoms with E-state index < -0.39 is 40.5 Å². The zero-order chi connectivity index (χ0) is 41.7. The van der Waals surface area contributed by atoms with Gasteiger partial charge in [-0.3, -0.25) is 43.9 Å². The summed E-state index contributed by atoms with van der Waals surface area (Å²) >= 11 is 6.28. The molecule has 5 heterocycles. The molecule has 5 aliphatic heterocycles. The highest BCUT2D eigenvalue weighted by atomic mass is 35.5. The molecule has 1 unspecified atom stereocenters. The molecule has 3 aromatic carbocycles. The van der Waals surface area contributed by atoms with E-state index in [1.807, 2.05) is 21.9 Å². The summed E-state index contributed by atoms with van der Waals surface area (Å²) in [5.41, 5.74) is 2.92. The normalized spacial score (nSPS) is 24.9. The van der Waals surface area contributed by atoms with Crippen molar-refractivity contribution in [3.8, 4) is 11.8 Å². The highest BCUT2D eigenvalue weighted by molar-refractivity contribution is 6.31. The Bertz CT molecular complexity index is 2400. The highest BCUT2D eigenvalue weighted by Crippen LogP contribution is 2.59. The van der Waals surface area contributed by atoms with Crippen molar-refractivity contribution in [1.82, 2.24) is 24.9 Å². The van der Waals surface area contributed by atoms with Crippen LogP contribution < -0.4 is 15.0 Å². The van der Waals surface area contributed by atoms with E-state index in [2.05, 4.69) is 48.9 Å². The minimum atomic E-state index is -1.00. The molecule has 14 nitrogen and oxygen atoms in total. The maximum atomic E-state index is 13.9. The summed E-state index contributed by atoms with van der Waals surface area (Å²) < 4.78 is 6.46. The summed E-state index contributed by atoms with van der Waals surface area (Å²) in [7, 11) is 0. The molecule has 1 saturated carbocycles. The maximum absolute atomic E-state index is 13.9. The number of carbonyl (C=O) groups excluding carboxylic acids is 6. The number of nitrogens with zero attached hydrogens (tertiary/aromatic N) is 6. The van der Waals surface area contributed by atoms with Gasteiger partial charge in [0.25, 0.3) is 23.6 Å². The molecule has 15 heteroatoms. The van der Waals surface area contributed by atoms with Crippen LogP contribution in [-0.4, -0.2) is 119 Å². The first-order valence-corrected chi connectivity index (χ1v) is 20.4. The van der Waals surface area contributed by atoms with Crippen LogP contribution in [-0.2, 0) is 16.1 Å². The van der Waals surface area contributed by atoms with E-state index in [1.165, 1.54) is 0 Å².